The first-order valence-electron chi connectivity index (χ1n) is 17.4. The summed E-state index contributed by atoms with van der Waals surface area (Å²) in [5.41, 5.74) is 2.34. The van der Waals surface area contributed by atoms with Crippen molar-refractivity contribution in [1.29, 1.82) is 0 Å². The van der Waals surface area contributed by atoms with Crippen molar-refractivity contribution >= 4 is 74.5 Å². The van der Waals surface area contributed by atoms with Crippen LogP contribution >= 0.6 is 0 Å². The van der Waals surface area contributed by atoms with Gasteiger partial charge in [0.1, 0.15) is 22.6 Å². The van der Waals surface area contributed by atoms with Crippen LogP contribution in [0.3, 0.4) is 0 Å². The van der Waals surface area contributed by atoms with Gasteiger partial charge in [-0.2, -0.15) is 25.3 Å². The van der Waals surface area contributed by atoms with Gasteiger partial charge >= 0.3 is 0 Å². The molecule has 4 aromatic carbocycles. The topological polar surface area (TPSA) is 272 Å². The summed E-state index contributed by atoms with van der Waals surface area (Å²) in [6.45, 7) is 2.07. The number of unbranched alkanes of at least 4 members (excludes halogenated alkanes) is 2. The van der Waals surface area contributed by atoms with E-state index in [0.717, 1.165) is 18.9 Å². The van der Waals surface area contributed by atoms with Crippen LogP contribution < -0.4 is 0 Å². The Kier molecular flexibility index (Phi) is 8.52. The number of aromatic amines is 2. The third-order valence-corrected chi connectivity index (χ3v) is 12.1. The summed E-state index contributed by atoms with van der Waals surface area (Å²) >= 11 is 0. The van der Waals surface area contributed by atoms with Crippen molar-refractivity contribution in [2.75, 3.05) is 0 Å². The molecule has 0 unspecified atom stereocenters. The molecule has 0 spiro atoms. The van der Waals surface area contributed by atoms with Crippen molar-refractivity contribution in [2.45, 2.75) is 40.9 Å². The number of H-pyrrole nitrogens is 2. The quantitative estimate of drug-likeness (QED) is 0.0739. The second-order valence-corrected chi connectivity index (χ2v) is 17.6. The van der Waals surface area contributed by atoms with Gasteiger partial charge in [-0.15, -0.1) is 0 Å². The summed E-state index contributed by atoms with van der Waals surface area (Å²) < 4.78 is 103. The molecule has 0 fully saturated rings. The van der Waals surface area contributed by atoms with Crippen LogP contribution in [0.2, 0.25) is 0 Å². The van der Waals surface area contributed by atoms with Crippen LogP contribution in [0.4, 0.5) is 0 Å². The Morgan fingerprint density at radius 2 is 0.914 bits per heavy atom. The van der Waals surface area contributed by atoms with Gasteiger partial charge in [0, 0.05) is 55.8 Å². The number of hydrogen-bond donors (Lipinski definition) is 5. The molecular formula is C38H26N8O9S3. The summed E-state index contributed by atoms with van der Waals surface area (Å²) in [4.78, 5) is 33.5. The SMILES string of the molecule is CCCCC#Cc1ccc2c3nc4nc(nc5[nH]c(nc6nc(nc([nH]3)c2c1)-c1ccc(S(=O)(=O)O)cc1-6)c1ccc(S(=O)(=O)O)cc51)-c1ccc(S(=O)(=O)O)cc1-4. The number of fused-ring (bicyclic) bond motifs is 20. The second-order valence-electron chi connectivity index (χ2n) is 13.3. The smallest absolute Gasteiger partial charge is 0.294 e. The molecule has 3 aromatic heterocycles. The van der Waals surface area contributed by atoms with Crippen LogP contribution in [0.1, 0.15) is 31.7 Å². The highest BCUT2D eigenvalue weighted by Gasteiger charge is 2.26. The van der Waals surface area contributed by atoms with Crippen LogP contribution in [-0.4, -0.2) is 78.8 Å². The normalized spacial score (nSPS) is 12.6. The molecule has 20 heteroatoms. The molecule has 0 saturated carbocycles. The van der Waals surface area contributed by atoms with Gasteiger partial charge in [0.25, 0.3) is 30.4 Å². The maximum Gasteiger partial charge on any atom is 0.294 e. The van der Waals surface area contributed by atoms with E-state index in [-0.39, 0.29) is 62.4 Å². The summed E-state index contributed by atoms with van der Waals surface area (Å²) in [6.07, 6.45) is 2.63. The van der Waals surface area contributed by atoms with E-state index in [1.165, 1.54) is 48.5 Å². The number of aromatic nitrogens is 8. The maximum absolute atomic E-state index is 12.3. The Bertz CT molecular complexity index is 3520. The maximum atomic E-state index is 12.3. The Morgan fingerprint density at radius 1 is 0.500 bits per heavy atom. The van der Waals surface area contributed by atoms with Gasteiger partial charge in [-0.1, -0.05) is 25.2 Å². The molecule has 0 atom stereocenters. The van der Waals surface area contributed by atoms with Crippen LogP contribution in [-0.2, 0) is 30.4 Å². The average molecular weight is 835 g/mol. The highest BCUT2D eigenvalue weighted by atomic mass is 32.2. The van der Waals surface area contributed by atoms with E-state index in [0.29, 0.717) is 39.3 Å². The zero-order chi connectivity index (χ0) is 40.7. The molecular weight excluding hydrogens is 809 g/mol. The number of rotatable bonds is 5. The van der Waals surface area contributed by atoms with E-state index < -0.39 is 45.0 Å². The highest BCUT2D eigenvalue weighted by Crippen LogP contribution is 2.39. The molecule has 0 radical (unpaired) electrons. The van der Waals surface area contributed by atoms with E-state index in [1.807, 2.05) is 12.1 Å². The Labute approximate surface area is 328 Å². The second kappa shape index (κ2) is 13.3. The highest BCUT2D eigenvalue weighted by molar-refractivity contribution is 7.86. The van der Waals surface area contributed by atoms with E-state index in [1.54, 1.807) is 6.07 Å². The molecule has 8 bridgehead atoms. The first-order chi connectivity index (χ1) is 27.5. The molecule has 0 aliphatic carbocycles. The molecule has 17 nitrogen and oxygen atoms in total. The molecule has 7 aromatic rings. The summed E-state index contributed by atoms with van der Waals surface area (Å²) in [6, 6.07) is 16.7. The lowest BCUT2D eigenvalue weighted by molar-refractivity contribution is 0.481. The average Bonchev–Trinajstić information content (AvgIpc) is 3.90. The minimum Gasteiger partial charge on any atom is -0.324 e. The fraction of sp³-hybridized carbons (Fsp3) is 0.105. The van der Waals surface area contributed by atoms with Crippen molar-refractivity contribution in [2.24, 2.45) is 0 Å². The zero-order valence-electron chi connectivity index (χ0n) is 29.7. The van der Waals surface area contributed by atoms with Crippen molar-refractivity contribution in [1.82, 2.24) is 39.9 Å². The van der Waals surface area contributed by atoms with Crippen molar-refractivity contribution in [3.63, 3.8) is 0 Å². The molecule has 2 aliphatic rings. The van der Waals surface area contributed by atoms with Gasteiger partial charge < -0.3 is 9.97 Å². The molecule has 0 saturated heterocycles. The van der Waals surface area contributed by atoms with Crippen LogP contribution in [0, 0.1) is 11.8 Å². The number of nitrogens with one attached hydrogen (secondary N) is 2. The minimum atomic E-state index is -4.69. The largest absolute Gasteiger partial charge is 0.324 e. The molecule has 2 aliphatic heterocycles. The molecule has 5 heterocycles. The number of benzene rings is 4. The van der Waals surface area contributed by atoms with Crippen LogP contribution in [0.15, 0.2) is 87.5 Å². The fourth-order valence-corrected chi connectivity index (χ4v) is 8.24. The monoisotopic (exact) mass is 834 g/mol. The lowest BCUT2D eigenvalue weighted by atomic mass is 10.1. The van der Waals surface area contributed by atoms with Gasteiger partial charge in [0.05, 0.1) is 14.7 Å². The first-order valence-corrected chi connectivity index (χ1v) is 21.7. The summed E-state index contributed by atoms with van der Waals surface area (Å²) in [5.74, 6) is 6.44. The lowest BCUT2D eigenvalue weighted by Gasteiger charge is -2.02. The molecule has 5 N–H and O–H groups in total. The molecule has 290 valence electrons. The van der Waals surface area contributed by atoms with Gasteiger partial charge in [-0.05, 0) is 79.2 Å². The van der Waals surface area contributed by atoms with E-state index >= 15 is 0 Å². The van der Waals surface area contributed by atoms with E-state index in [2.05, 4.69) is 33.7 Å². The molecule has 58 heavy (non-hydrogen) atoms. The molecule has 0 amide bonds. The van der Waals surface area contributed by atoms with Gasteiger partial charge in [0.2, 0.25) is 0 Å². The van der Waals surface area contributed by atoms with Crippen molar-refractivity contribution in [3.05, 3.63) is 78.4 Å². The standard InChI is InChI=1S/C38H26N8O9S3/c1-2-3-4-5-6-19-7-11-23-27(15-19)35-39-31(23)41-36-29-17-21(57(50,51)52)9-13-25(29)33(43-36)45-38-30-18-22(58(53,54)55)10-14-26(30)34(46-38)44-37-28-16-20(56(47,48)49)8-12-24(28)32(40-35)42-37/h7-18H,2-4H2,1H3,(H,47,48,49)(H,50,51,52)(H,53,54,55)(H2,39,40,41,42,43,44,45,46). The molecule has 9 rings (SSSR count). The van der Waals surface area contributed by atoms with E-state index in [4.69, 9.17) is 24.9 Å². The number of nitrogens with zero attached hydrogens (tertiary/aromatic N) is 6. The van der Waals surface area contributed by atoms with Crippen LogP contribution in [0.5, 0.6) is 0 Å². The summed E-state index contributed by atoms with van der Waals surface area (Å²) in [7, 11) is -14.0. The van der Waals surface area contributed by atoms with Crippen LogP contribution in [0.25, 0.3) is 89.7 Å². The zero-order valence-corrected chi connectivity index (χ0v) is 32.2. The van der Waals surface area contributed by atoms with Gasteiger partial charge in [-0.3, -0.25) is 13.7 Å². The number of hydrogen-bond acceptors (Lipinski definition) is 12. The fourth-order valence-electron chi connectivity index (χ4n) is 6.72. The van der Waals surface area contributed by atoms with Crippen molar-refractivity contribution < 1.29 is 38.9 Å². The first kappa shape index (κ1) is 37.1. The Morgan fingerprint density at radius 3 is 1.40 bits per heavy atom. The minimum absolute atomic E-state index is 0.000731. The summed E-state index contributed by atoms with van der Waals surface area (Å²) in [5, 5.41) is 1.60. The van der Waals surface area contributed by atoms with E-state index in [9.17, 15) is 38.9 Å². The van der Waals surface area contributed by atoms with Crippen molar-refractivity contribution in [3.8, 4) is 57.4 Å². The van der Waals surface area contributed by atoms with Gasteiger partial charge in [0.15, 0.2) is 23.3 Å². The lowest BCUT2D eigenvalue weighted by Crippen LogP contribution is -1.98. The third-order valence-electron chi connectivity index (χ3n) is 9.53. The predicted octanol–water partition coefficient (Wildman–Crippen LogP) is 6.15. The Balaban J connectivity index is 1.45. The predicted molar refractivity (Wildman–Crippen MR) is 212 cm³/mol. The van der Waals surface area contributed by atoms with Gasteiger partial charge in [-0.25, -0.2) is 29.9 Å². The Hall–Kier alpha value is -6.47. The third kappa shape index (κ3) is 6.54.